The molecule has 0 aliphatic heterocycles. The van der Waals surface area contributed by atoms with Gasteiger partial charge in [0.05, 0.1) is 0 Å². The minimum atomic E-state index is -0.948. The molecule has 0 fully saturated rings. The highest BCUT2D eigenvalue weighted by atomic mass is 16.6. The SMILES string of the molecule is CCCCCCCCCCCCCCCCCC(=O)OCC(COC(=O)CCC)OC(=O)CCCCC(=O)OC(COC(=O)CCC)COC(=O)CCCCCCCCCCCCCCCCC. The Labute approximate surface area is 414 Å². The summed E-state index contributed by atoms with van der Waals surface area (Å²) in [6.07, 6.45) is 38.0. The van der Waals surface area contributed by atoms with Crippen LogP contribution < -0.4 is 0 Å². The van der Waals surface area contributed by atoms with Gasteiger partial charge in [-0.25, -0.2) is 0 Å². The second-order valence-electron chi connectivity index (χ2n) is 19.1. The van der Waals surface area contributed by atoms with Crippen LogP contribution in [-0.4, -0.2) is 74.5 Å². The van der Waals surface area contributed by atoms with Crippen LogP contribution in [0, 0.1) is 0 Å². The minimum Gasteiger partial charge on any atom is -0.462 e. The van der Waals surface area contributed by atoms with E-state index < -0.39 is 36.1 Å². The van der Waals surface area contributed by atoms with E-state index in [0.29, 0.717) is 25.7 Å². The molecule has 0 aliphatic carbocycles. The van der Waals surface area contributed by atoms with Gasteiger partial charge in [0.25, 0.3) is 0 Å². The maximum absolute atomic E-state index is 12.8. The highest BCUT2D eigenvalue weighted by molar-refractivity contribution is 5.72. The molecule has 0 aromatic rings. The zero-order valence-electron chi connectivity index (χ0n) is 44.2. The van der Waals surface area contributed by atoms with Gasteiger partial charge in [0.1, 0.15) is 26.4 Å². The van der Waals surface area contributed by atoms with Crippen LogP contribution in [-0.2, 0) is 57.2 Å². The zero-order chi connectivity index (χ0) is 50.0. The number of rotatable bonds is 51. The number of carbonyl (C=O) groups is 6. The zero-order valence-corrected chi connectivity index (χ0v) is 44.2. The summed E-state index contributed by atoms with van der Waals surface area (Å²) in [7, 11) is 0. The van der Waals surface area contributed by atoms with Crippen LogP contribution in [0.15, 0.2) is 0 Å². The molecule has 398 valence electrons. The third kappa shape index (κ3) is 46.5. The van der Waals surface area contributed by atoms with E-state index in [0.717, 1.165) is 38.5 Å². The molecular formula is C56H102O12. The first-order valence-corrected chi connectivity index (χ1v) is 28.2. The first kappa shape index (κ1) is 64.8. The Morgan fingerprint density at radius 1 is 0.235 bits per heavy atom. The quantitative estimate of drug-likeness (QED) is 0.0323. The van der Waals surface area contributed by atoms with E-state index in [1.807, 2.05) is 13.8 Å². The second kappa shape index (κ2) is 50.2. The summed E-state index contributed by atoms with van der Waals surface area (Å²) >= 11 is 0. The molecule has 0 bridgehead atoms. The van der Waals surface area contributed by atoms with Crippen molar-refractivity contribution in [3.05, 3.63) is 0 Å². The molecule has 0 spiro atoms. The topological polar surface area (TPSA) is 158 Å². The van der Waals surface area contributed by atoms with Gasteiger partial charge in [-0.05, 0) is 38.5 Å². The lowest BCUT2D eigenvalue weighted by molar-refractivity contribution is -0.167. The average molecular weight is 967 g/mol. The summed E-state index contributed by atoms with van der Waals surface area (Å²) in [6.45, 7) is 7.33. The number of esters is 6. The highest BCUT2D eigenvalue weighted by Crippen LogP contribution is 2.16. The Bertz CT molecular complexity index is 1130. The Hall–Kier alpha value is -3.18. The Morgan fingerprint density at radius 3 is 0.662 bits per heavy atom. The van der Waals surface area contributed by atoms with Crippen LogP contribution >= 0.6 is 0 Å². The fourth-order valence-corrected chi connectivity index (χ4v) is 7.98. The normalized spacial score (nSPS) is 12.0. The fraction of sp³-hybridized carbons (Fsp3) is 0.893. The predicted molar refractivity (Wildman–Crippen MR) is 271 cm³/mol. The third-order valence-corrected chi connectivity index (χ3v) is 12.2. The molecule has 0 N–H and O–H groups in total. The first-order chi connectivity index (χ1) is 33.1. The summed E-state index contributed by atoms with van der Waals surface area (Å²) in [5, 5.41) is 0. The van der Waals surface area contributed by atoms with Crippen molar-refractivity contribution in [2.45, 2.75) is 297 Å². The molecule has 0 aromatic heterocycles. The Balaban J connectivity index is 4.49. The van der Waals surface area contributed by atoms with E-state index >= 15 is 0 Å². The molecule has 0 saturated carbocycles. The van der Waals surface area contributed by atoms with Crippen LogP contribution in [0.3, 0.4) is 0 Å². The first-order valence-electron chi connectivity index (χ1n) is 28.2. The van der Waals surface area contributed by atoms with Gasteiger partial charge in [0, 0.05) is 38.5 Å². The highest BCUT2D eigenvalue weighted by Gasteiger charge is 2.22. The molecule has 0 heterocycles. The van der Waals surface area contributed by atoms with E-state index in [1.54, 1.807) is 0 Å². The van der Waals surface area contributed by atoms with Crippen LogP contribution in [0.4, 0.5) is 0 Å². The number of unbranched alkanes of at least 4 members (excludes halogenated alkanes) is 29. The summed E-state index contributed by atoms with van der Waals surface area (Å²) < 4.78 is 32.5. The number of carbonyl (C=O) groups excluding carboxylic acids is 6. The smallest absolute Gasteiger partial charge is 0.306 e. The molecule has 0 rings (SSSR count). The number of ether oxygens (including phenoxy) is 6. The standard InChI is InChI=1S/C56H102O12/c1-5-9-11-13-15-17-19-21-23-25-27-29-31-33-35-41-53(59)65-47-49(45-63-51(57)39-7-3)67-55(61)43-37-38-44-56(62)68-50(46-64-52(58)40-8-4)48-66-54(60)42-36-34-32-30-28-26-24-22-20-18-16-14-12-10-6-2/h49-50H,5-48H2,1-4H3. The Morgan fingerprint density at radius 2 is 0.426 bits per heavy atom. The summed E-state index contributed by atoms with van der Waals surface area (Å²) in [5.41, 5.74) is 0. The van der Waals surface area contributed by atoms with Crippen molar-refractivity contribution in [1.82, 2.24) is 0 Å². The van der Waals surface area contributed by atoms with Crippen molar-refractivity contribution in [2.75, 3.05) is 26.4 Å². The van der Waals surface area contributed by atoms with E-state index in [-0.39, 0.29) is 76.9 Å². The summed E-state index contributed by atoms with van der Waals surface area (Å²) in [5.74, 6) is -2.76. The molecule has 2 unspecified atom stereocenters. The number of hydrogen-bond acceptors (Lipinski definition) is 12. The molecule has 0 amide bonds. The van der Waals surface area contributed by atoms with Crippen LogP contribution in [0.2, 0.25) is 0 Å². The molecule has 12 nitrogen and oxygen atoms in total. The minimum absolute atomic E-state index is 0.0191. The molecule has 0 saturated heterocycles. The molecule has 0 aliphatic rings. The van der Waals surface area contributed by atoms with Crippen molar-refractivity contribution in [1.29, 1.82) is 0 Å². The maximum atomic E-state index is 12.8. The van der Waals surface area contributed by atoms with E-state index in [4.69, 9.17) is 28.4 Å². The van der Waals surface area contributed by atoms with Crippen molar-refractivity contribution >= 4 is 35.8 Å². The second-order valence-corrected chi connectivity index (χ2v) is 19.1. The largest absolute Gasteiger partial charge is 0.462 e. The van der Waals surface area contributed by atoms with Crippen molar-refractivity contribution in [2.24, 2.45) is 0 Å². The van der Waals surface area contributed by atoms with Gasteiger partial charge < -0.3 is 28.4 Å². The molecule has 0 aromatic carbocycles. The van der Waals surface area contributed by atoms with Crippen LogP contribution in [0.1, 0.15) is 285 Å². The van der Waals surface area contributed by atoms with Gasteiger partial charge in [0.2, 0.25) is 0 Å². The van der Waals surface area contributed by atoms with E-state index in [9.17, 15) is 28.8 Å². The lowest BCUT2D eigenvalue weighted by atomic mass is 10.0. The molecular weight excluding hydrogens is 865 g/mol. The lowest BCUT2D eigenvalue weighted by Gasteiger charge is -2.19. The summed E-state index contributed by atoms with van der Waals surface area (Å²) in [4.78, 5) is 74.7. The number of hydrogen-bond donors (Lipinski definition) is 0. The lowest BCUT2D eigenvalue weighted by Crippen LogP contribution is -2.31. The Kier molecular flexibility index (Phi) is 47.9. The maximum Gasteiger partial charge on any atom is 0.306 e. The monoisotopic (exact) mass is 967 g/mol. The van der Waals surface area contributed by atoms with Crippen LogP contribution in [0.25, 0.3) is 0 Å². The van der Waals surface area contributed by atoms with Crippen LogP contribution in [0.5, 0.6) is 0 Å². The van der Waals surface area contributed by atoms with E-state index in [2.05, 4.69) is 13.8 Å². The average Bonchev–Trinajstić information content (AvgIpc) is 3.32. The van der Waals surface area contributed by atoms with Gasteiger partial charge in [-0.1, -0.05) is 207 Å². The van der Waals surface area contributed by atoms with Gasteiger partial charge in [-0.2, -0.15) is 0 Å². The van der Waals surface area contributed by atoms with Crippen molar-refractivity contribution in [3.8, 4) is 0 Å². The molecule has 12 heteroatoms. The van der Waals surface area contributed by atoms with Gasteiger partial charge >= 0.3 is 35.8 Å². The van der Waals surface area contributed by atoms with Crippen molar-refractivity contribution in [3.63, 3.8) is 0 Å². The molecule has 2 atom stereocenters. The van der Waals surface area contributed by atoms with Crippen molar-refractivity contribution < 1.29 is 57.2 Å². The van der Waals surface area contributed by atoms with Gasteiger partial charge in [-0.15, -0.1) is 0 Å². The molecule has 0 radical (unpaired) electrons. The van der Waals surface area contributed by atoms with Gasteiger partial charge in [0.15, 0.2) is 12.2 Å². The molecule has 68 heavy (non-hydrogen) atoms. The third-order valence-electron chi connectivity index (χ3n) is 12.2. The summed E-state index contributed by atoms with van der Waals surface area (Å²) in [6, 6.07) is 0. The fourth-order valence-electron chi connectivity index (χ4n) is 7.98. The van der Waals surface area contributed by atoms with Gasteiger partial charge in [-0.3, -0.25) is 28.8 Å². The van der Waals surface area contributed by atoms with E-state index in [1.165, 1.54) is 154 Å². The predicted octanol–water partition coefficient (Wildman–Crippen LogP) is 14.7.